The Balaban J connectivity index is 1.92. The standard InChI is InChI=1S/C18H17NO3/c1-20-15-9-4-10-16(21-2)18(15)22-12-14-7-3-6-13-8-5-11-19-17(13)14/h3-11H,12H2,1-2H3. The zero-order chi connectivity index (χ0) is 15.4. The molecule has 0 radical (unpaired) electrons. The van der Waals surface area contributed by atoms with Crippen molar-refractivity contribution in [3.05, 3.63) is 60.3 Å². The second-order valence-electron chi connectivity index (χ2n) is 4.77. The lowest BCUT2D eigenvalue weighted by Crippen LogP contribution is -2.01. The molecular formula is C18H17NO3. The number of rotatable bonds is 5. The van der Waals surface area contributed by atoms with Crippen molar-refractivity contribution in [2.75, 3.05) is 14.2 Å². The van der Waals surface area contributed by atoms with E-state index in [0.717, 1.165) is 16.5 Å². The fraction of sp³-hybridized carbons (Fsp3) is 0.167. The van der Waals surface area contributed by atoms with Crippen LogP contribution in [0.25, 0.3) is 10.9 Å². The summed E-state index contributed by atoms with van der Waals surface area (Å²) in [5.41, 5.74) is 1.96. The highest BCUT2D eigenvalue weighted by Crippen LogP contribution is 2.37. The Morgan fingerprint density at radius 2 is 1.55 bits per heavy atom. The number of ether oxygens (including phenoxy) is 3. The van der Waals surface area contributed by atoms with Gasteiger partial charge in [-0.25, -0.2) is 0 Å². The number of benzene rings is 2. The summed E-state index contributed by atoms with van der Waals surface area (Å²) in [5, 5.41) is 1.09. The first kappa shape index (κ1) is 14.2. The summed E-state index contributed by atoms with van der Waals surface area (Å²) in [6.07, 6.45) is 1.79. The first-order valence-corrected chi connectivity index (χ1v) is 7.00. The summed E-state index contributed by atoms with van der Waals surface area (Å²) < 4.78 is 16.6. The number of fused-ring (bicyclic) bond motifs is 1. The molecule has 22 heavy (non-hydrogen) atoms. The first-order valence-electron chi connectivity index (χ1n) is 7.00. The summed E-state index contributed by atoms with van der Waals surface area (Å²) in [4.78, 5) is 4.44. The lowest BCUT2D eigenvalue weighted by Gasteiger charge is -2.14. The third-order valence-electron chi connectivity index (χ3n) is 3.47. The molecule has 0 saturated heterocycles. The normalized spacial score (nSPS) is 10.5. The number of aromatic nitrogens is 1. The van der Waals surface area contributed by atoms with Gasteiger partial charge in [0.15, 0.2) is 11.5 Å². The van der Waals surface area contributed by atoms with E-state index in [9.17, 15) is 0 Å². The van der Waals surface area contributed by atoms with E-state index in [0.29, 0.717) is 23.9 Å². The van der Waals surface area contributed by atoms with Crippen LogP contribution in [0.2, 0.25) is 0 Å². The van der Waals surface area contributed by atoms with Gasteiger partial charge in [-0.15, -0.1) is 0 Å². The van der Waals surface area contributed by atoms with Crippen LogP contribution in [-0.2, 0) is 6.61 Å². The minimum atomic E-state index is 0.394. The van der Waals surface area contributed by atoms with Gasteiger partial charge in [0.1, 0.15) is 6.61 Å². The third-order valence-corrected chi connectivity index (χ3v) is 3.47. The van der Waals surface area contributed by atoms with Gasteiger partial charge in [-0.1, -0.05) is 30.3 Å². The van der Waals surface area contributed by atoms with Crippen molar-refractivity contribution in [3.63, 3.8) is 0 Å². The van der Waals surface area contributed by atoms with E-state index < -0.39 is 0 Å². The average Bonchev–Trinajstić information content (AvgIpc) is 2.59. The van der Waals surface area contributed by atoms with E-state index in [-0.39, 0.29) is 0 Å². The smallest absolute Gasteiger partial charge is 0.203 e. The van der Waals surface area contributed by atoms with E-state index in [2.05, 4.69) is 4.98 Å². The minimum Gasteiger partial charge on any atom is -0.493 e. The Kier molecular flexibility index (Phi) is 4.10. The van der Waals surface area contributed by atoms with Crippen molar-refractivity contribution >= 4 is 10.9 Å². The maximum Gasteiger partial charge on any atom is 0.203 e. The van der Waals surface area contributed by atoms with E-state index in [1.165, 1.54) is 0 Å². The molecule has 112 valence electrons. The lowest BCUT2D eigenvalue weighted by molar-refractivity contribution is 0.266. The number of hydrogen-bond donors (Lipinski definition) is 0. The zero-order valence-corrected chi connectivity index (χ0v) is 12.6. The van der Waals surface area contributed by atoms with Gasteiger partial charge in [-0.05, 0) is 18.2 Å². The summed E-state index contributed by atoms with van der Waals surface area (Å²) in [5.74, 6) is 1.89. The molecule has 0 aliphatic heterocycles. The van der Waals surface area contributed by atoms with Gasteiger partial charge in [0.05, 0.1) is 19.7 Å². The fourth-order valence-corrected chi connectivity index (χ4v) is 2.39. The molecule has 0 aliphatic rings. The first-order chi connectivity index (χ1) is 10.8. The van der Waals surface area contributed by atoms with Crippen molar-refractivity contribution in [1.82, 2.24) is 4.98 Å². The van der Waals surface area contributed by atoms with Gasteiger partial charge in [0, 0.05) is 17.1 Å². The lowest BCUT2D eigenvalue weighted by atomic mass is 10.1. The number of methoxy groups -OCH3 is 2. The van der Waals surface area contributed by atoms with E-state index in [1.54, 1.807) is 20.4 Å². The monoisotopic (exact) mass is 295 g/mol. The molecule has 0 saturated carbocycles. The van der Waals surface area contributed by atoms with Crippen molar-refractivity contribution in [2.45, 2.75) is 6.61 Å². The molecule has 0 atom stereocenters. The van der Waals surface area contributed by atoms with E-state index in [4.69, 9.17) is 14.2 Å². The molecule has 2 aromatic carbocycles. The fourth-order valence-electron chi connectivity index (χ4n) is 2.39. The number of para-hydroxylation sites is 2. The Labute approximate surface area is 129 Å². The van der Waals surface area contributed by atoms with Gasteiger partial charge in [-0.3, -0.25) is 4.98 Å². The van der Waals surface area contributed by atoms with Crippen LogP contribution in [0.4, 0.5) is 0 Å². The molecule has 0 aliphatic carbocycles. The highest BCUT2D eigenvalue weighted by Gasteiger charge is 2.12. The SMILES string of the molecule is COc1cccc(OC)c1OCc1cccc2cccnc12. The molecule has 0 bridgehead atoms. The summed E-state index contributed by atoms with van der Waals surface area (Å²) in [6.45, 7) is 0.394. The number of nitrogens with zero attached hydrogens (tertiary/aromatic N) is 1. The largest absolute Gasteiger partial charge is 0.493 e. The quantitative estimate of drug-likeness (QED) is 0.717. The summed E-state index contributed by atoms with van der Waals surface area (Å²) >= 11 is 0. The molecule has 1 heterocycles. The molecule has 4 heteroatoms. The van der Waals surface area contributed by atoms with Crippen LogP contribution in [0.5, 0.6) is 17.2 Å². The second-order valence-corrected chi connectivity index (χ2v) is 4.77. The van der Waals surface area contributed by atoms with Gasteiger partial charge < -0.3 is 14.2 Å². The Morgan fingerprint density at radius 1 is 0.864 bits per heavy atom. The van der Waals surface area contributed by atoms with Crippen LogP contribution >= 0.6 is 0 Å². The van der Waals surface area contributed by atoms with Gasteiger partial charge >= 0.3 is 0 Å². The molecule has 3 rings (SSSR count). The van der Waals surface area contributed by atoms with Crippen LogP contribution in [0.1, 0.15) is 5.56 Å². The van der Waals surface area contributed by atoms with E-state index in [1.807, 2.05) is 48.5 Å². The van der Waals surface area contributed by atoms with Crippen LogP contribution in [0.15, 0.2) is 54.7 Å². The van der Waals surface area contributed by atoms with Gasteiger partial charge in [0.25, 0.3) is 0 Å². The van der Waals surface area contributed by atoms with Gasteiger partial charge in [-0.2, -0.15) is 0 Å². The Hall–Kier alpha value is -2.75. The predicted octanol–water partition coefficient (Wildman–Crippen LogP) is 3.83. The van der Waals surface area contributed by atoms with Crippen molar-refractivity contribution in [3.8, 4) is 17.2 Å². The minimum absolute atomic E-state index is 0.394. The molecule has 0 N–H and O–H groups in total. The van der Waals surface area contributed by atoms with Gasteiger partial charge in [0.2, 0.25) is 5.75 Å². The molecule has 0 unspecified atom stereocenters. The summed E-state index contributed by atoms with van der Waals surface area (Å²) in [6, 6.07) is 15.6. The Morgan fingerprint density at radius 3 is 2.27 bits per heavy atom. The highest BCUT2D eigenvalue weighted by molar-refractivity contribution is 5.81. The maximum atomic E-state index is 5.95. The molecule has 1 aromatic heterocycles. The van der Waals surface area contributed by atoms with Crippen molar-refractivity contribution in [1.29, 1.82) is 0 Å². The summed E-state index contributed by atoms with van der Waals surface area (Å²) in [7, 11) is 3.22. The van der Waals surface area contributed by atoms with Crippen LogP contribution in [0.3, 0.4) is 0 Å². The van der Waals surface area contributed by atoms with Crippen LogP contribution < -0.4 is 14.2 Å². The van der Waals surface area contributed by atoms with Crippen LogP contribution in [0, 0.1) is 0 Å². The van der Waals surface area contributed by atoms with Crippen molar-refractivity contribution in [2.24, 2.45) is 0 Å². The third kappa shape index (κ3) is 2.68. The predicted molar refractivity (Wildman–Crippen MR) is 85.6 cm³/mol. The second kappa shape index (κ2) is 6.35. The highest BCUT2D eigenvalue weighted by atomic mass is 16.5. The van der Waals surface area contributed by atoms with Crippen molar-refractivity contribution < 1.29 is 14.2 Å². The molecule has 0 fully saturated rings. The zero-order valence-electron chi connectivity index (χ0n) is 12.6. The molecular weight excluding hydrogens is 278 g/mol. The maximum absolute atomic E-state index is 5.95. The molecule has 4 nitrogen and oxygen atoms in total. The Bertz CT molecular complexity index is 759. The average molecular weight is 295 g/mol. The number of hydrogen-bond acceptors (Lipinski definition) is 4. The molecule has 3 aromatic rings. The topological polar surface area (TPSA) is 40.6 Å². The van der Waals surface area contributed by atoms with E-state index >= 15 is 0 Å². The number of pyridine rings is 1. The molecule has 0 spiro atoms. The van der Waals surface area contributed by atoms with Crippen LogP contribution in [-0.4, -0.2) is 19.2 Å². The molecule has 0 amide bonds.